The van der Waals surface area contributed by atoms with E-state index < -0.39 is 18.0 Å². The van der Waals surface area contributed by atoms with Gasteiger partial charge in [-0.05, 0) is 13.8 Å². The Morgan fingerprint density at radius 2 is 1.41 bits per heavy atom. The molecular formula is C11H19NO5. The summed E-state index contributed by atoms with van der Waals surface area (Å²) in [5, 5.41) is 2.52. The third kappa shape index (κ3) is 8.24. The molecule has 0 atom stereocenters. The minimum absolute atomic E-state index is 0.0355. The smallest absolute Gasteiger partial charge is 0.307 e. The van der Waals surface area contributed by atoms with Gasteiger partial charge in [0.05, 0.1) is 26.1 Å². The van der Waals surface area contributed by atoms with Crippen LogP contribution in [0.5, 0.6) is 0 Å². The quantitative estimate of drug-likeness (QED) is 0.656. The number of carbonyl (C=O) groups excluding carboxylic acids is 3. The highest BCUT2D eigenvalue weighted by atomic mass is 16.5. The SMILES string of the molecule is CCOC(=O)CC(CC(=O)OCC)NC(C)=O. The van der Waals surface area contributed by atoms with Gasteiger partial charge in [0.2, 0.25) is 5.91 Å². The first kappa shape index (κ1) is 15.4. The van der Waals surface area contributed by atoms with Gasteiger partial charge in [-0.2, -0.15) is 0 Å². The molecule has 0 saturated heterocycles. The minimum atomic E-state index is -0.578. The second-order valence-corrected chi connectivity index (χ2v) is 3.42. The lowest BCUT2D eigenvalue weighted by Gasteiger charge is -2.15. The Morgan fingerprint density at radius 3 is 1.71 bits per heavy atom. The number of ether oxygens (including phenoxy) is 2. The Bertz CT molecular complexity index is 257. The third-order valence-electron chi connectivity index (χ3n) is 1.84. The molecule has 0 heterocycles. The molecule has 0 aromatic carbocycles. The van der Waals surface area contributed by atoms with Crippen LogP contribution >= 0.6 is 0 Å². The Labute approximate surface area is 101 Å². The van der Waals surface area contributed by atoms with Crippen molar-refractivity contribution in [2.24, 2.45) is 0 Å². The van der Waals surface area contributed by atoms with Gasteiger partial charge < -0.3 is 14.8 Å². The van der Waals surface area contributed by atoms with Crippen LogP contribution in [0.1, 0.15) is 33.6 Å². The van der Waals surface area contributed by atoms with E-state index in [2.05, 4.69) is 5.32 Å². The molecule has 0 aromatic rings. The van der Waals surface area contributed by atoms with Crippen molar-refractivity contribution in [1.82, 2.24) is 5.32 Å². The van der Waals surface area contributed by atoms with Crippen molar-refractivity contribution in [2.45, 2.75) is 39.7 Å². The van der Waals surface area contributed by atoms with Crippen LogP contribution in [0.4, 0.5) is 0 Å². The zero-order valence-electron chi connectivity index (χ0n) is 10.4. The highest BCUT2D eigenvalue weighted by Gasteiger charge is 2.19. The van der Waals surface area contributed by atoms with Gasteiger partial charge >= 0.3 is 11.9 Å². The molecule has 0 spiro atoms. The summed E-state index contributed by atoms with van der Waals surface area (Å²) in [5.41, 5.74) is 0. The maximum Gasteiger partial charge on any atom is 0.307 e. The monoisotopic (exact) mass is 245 g/mol. The molecule has 1 amide bonds. The molecule has 98 valence electrons. The Hall–Kier alpha value is -1.59. The highest BCUT2D eigenvalue weighted by Crippen LogP contribution is 2.02. The van der Waals surface area contributed by atoms with Crippen molar-refractivity contribution in [3.05, 3.63) is 0 Å². The molecule has 0 unspecified atom stereocenters. The van der Waals surface area contributed by atoms with Gasteiger partial charge in [0, 0.05) is 13.0 Å². The second-order valence-electron chi connectivity index (χ2n) is 3.42. The maximum absolute atomic E-state index is 11.2. The van der Waals surface area contributed by atoms with Gasteiger partial charge in [0.25, 0.3) is 0 Å². The molecular weight excluding hydrogens is 226 g/mol. The molecule has 0 radical (unpaired) electrons. The van der Waals surface area contributed by atoms with Gasteiger partial charge in [0.15, 0.2) is 0 Å². The van der Waals surface area contributed by atoms with E-state index in [1.54, 1.807) is 13.8 Å². The van der Waals surface area contributed by atoms with Crippen LogP contribution in [0.3, 0.4) is 0 Å². The van der Waals surface area contributed by atoms with Crippen LogP contribution in [-0.2, 0) is 23.9 Å². The molecule has 0 saturated carbocycles. The minimum Gasteiger partial charge on any atom is -0.466 e. The van der Waals surface area contributed by atoms with E-state index in [1.165, 1.54) is 6.92 Å². The van der Waals surface area contributed by atoms with E-state index in [0.29, 0.717) is 0 Å². The van der Waals surface area contributed by atoms with E-state index in [-0.39, 0.29) is 32.0 Å². The summed E-state index contributed by atoms with van der Waals surface area (Å²) < 4.78 is 9.51. The Morgan fingerprint density at radius 1 is 1.00 bits per heavy atom. The third-order valence-corrected chi connectivity index (χ3v) is 1.84. The Kier molecular flexibility index (Phi) is 7.75. The predicted octanol–water partition coefficient (Wildman–Crippen LogP) is 0.398. The average molecular weight is 245 g/mol. The second kappa shape index (κ2) is 8.55. The molecule has 0 bridgehead atoms. The largest absolute Gasteiger partial charge is 0.466 e. The highest BCUT2D eigenvalue weighted by molar-refractivity contribution is 5.78. The Balaban J connectivity index is 4.27. The lowest BCUT2D eigenvalue weighted by molar-refractivity contribution is -0.146. The molecule has 0 fully saturated rings. The van der Waals surface area contributed by atoms with Crippen molar-refractivity contribution >= 4 is 17.8 Å². The number of carbonyl (C=O) groups is 3. The van der Waals surface area contributed by atoms with E-state index in [0.717, 1.165) is 0 Å². The topological polar surface area (TPSA) is 81.7 Å². The number of esters is 2. The number of nitrogens with one attached hydrogen (secondary N) is 1. The van der Waals surface area contributed by atoms with Crippen LogP contribution in [0, 0.1) is 0 Å². The molecule has 6 nitrogen and oxygen atoms in total. The zero-order chi connectivity index (χ0) is 13.3. The number of hydrogen-bond acceptors (Lipinski definition) is 5. The first-order valence-electron chi connectivity index (χ1n) is 5.57. The van der Waals surface area contributed by atoms with Crippen LogP contribution in [0.25, 0.3) is 0 Å². The molecule has 0 aliphatic heterocycles. The van der Waals surface area contributed by atoms with E-state index in [1.807, 2.05) is 0 Å². The van der Waals surface area contributed by atoms with Gasteiger partial charge in [0.1, 0.15) is 0 Å². The summed E-state index contributed by atoms with van der Waals surface area (Å²) in [4.78, 5) is 33.4. The summed E-state index contributed by atoms with van der Waals surface area (Å²) in [5.74, 6) is -1.20. The van der Waals surface area contributed by atoms with Crippen LogP contribution < -0.4 is 5.32 Å². The predicted molar refractivity (Wildman–Crippen MR) is 60.1 cm³/mol. The van der Waals surface area contributed by atoms with Crippen LogP contribution in [-0.4, -0.2) is 37.1 Å². The van der Waals surface area contributed by atoms with Crippen LogP contribution in [0.2, 0.25) is 0 Å². The summed E-state index contributed by atoms with van der Waals surface area (Å²) in [6, 6.07) is -0.578. The molecule has 0 aliphatic rings. The van der Waals surface area contributed by atoms with Crippen molar-refractivity contribution in [1.29, 1.82) is 0 Å². The zero-order valence-corrected chi connectivity index (χ0v) is 10.4. The fourth-order valence-electron chi connectivity index (χ4n) is 1.30. The summed E-state index contributed by atoms with van der Waals surface area (Å²) in [7, 11) is 0. The number of amides is 1. The van der Waals surface area contributed by atoms with E-state index >= 15 is 0 Å². The van der Waals surface area contributed by atoms with Crippen LogP contribution in [0.15, 0.2) is 0 Å². The maximum atomic E-state index is 11.2. The van der Waals surface area contributed by atoms with E-state index in [9.17, 15) is 14.4 Å². The van der Waals surface area contributed by atoms with E-state index in [4.69, 9.17) is 9.47 Å². The average Bonchev–Trinajstić information content (AvgIpc) is 2.16. The fraction of sp³-hybridized carbons (Fsp3) is 0.727. The molecule has 0 aliphatic carbocycles. The van der Waals surface area contributed by atoms with Gasteiger partial charge in [-0.15, -0.1) is 0 Å². The molecule has 0 rings (SSSR count). The van der Waals surface area contributed by atoms with Crippen molar-refractivity contribution in [3.8, 4) is 0 Å². The standard InChI is InChI=1S/C11H19NO5/c1-4-16-10(14)6-9(12-8(3)13)7-11(15)17-5-2/h9H,4-7H2,1-3H3,(H,12,13). The molecule has 0 aromatic heterocycles. The van der Waals surface area contributed by atoms with Crippen molar-refractivity contribution < 1.29 is 23.9 Å². The van der Waals surface area contributed by atoms with Gasteiger partial charge in [-0.1, -0.05) is 0 Å². The fourth-order valence-corrected chi connectivity index (χ4v) is 1.30. The summed E-state index contributed by atoms with van der Waals surface area (Å²) >= 11 is 0. The first-order valence-corrected chi connectivity index (χ1v) is 5.57. The number of rotatable bonds is 7. The van der Waals surface area contributed by atoms with Gasteiger partial charge in [-0.3, -0.25) is 14.4 Å². The molecule has 17 heavy (non-hydrogen) atoms. The normalized spacial score (nSPS) is 9.88. The summed E-state index contributed by atoms with van der Waals surface area (Å²) in [6.45, 7) is 5.24. The summed E-state index contributed by atoms with van der Waals surface area (Å²) in [6.07, 6.45) is -0.0710. The lowest BCUT2D eigenvalue weighted by Crippen LogP contribution is -2.37. The number of hydrogen-bond donors (Lipinski definition) is 1. The lowest BCUT2D eigenvalue weighted by atomic mass is 10.1. The van der Waals surface area contributed by atoms with Crippen molar-refractivity contribution in [3.63, 3.8) is 0 Å². The molecule has 1 N–H and O–H groups in total. The van der Waals surface area contributed by atoms with Gasteiger partial charge in [-0.25, -0.2) is 0 Å². The van der Waals surface area contributed by atoms with Crippen molar-refractivity contribution in [2.75, 3.05) is 13.2 Å². The first-order chi connectivity index (χ1) is 7.99. The molecule has 6 heteroatoms.